The molecule has 2 N–H and O–H groups in total. The Morgan fingerprint density at radius 1 is 1.36 bits per heavy atom. The van der Waals surface area contributed by atoms with Crippen molar-refractivity contribution in [2.24, 2.45) is 0 Å². The van der Waals surface area contributed by atoms with Gasteiger partial charge in [-0.25, -0.2) is 4.79 Å². The van der Waals surface area contributed by atoms with Crippen LogP contribution in [0.5, 0.6) is 0 Å². The van der Waals surface area contributed by atoms with Gasteiger partial charge in [0.2, 0.25) is 0 Å². The maximum absolute atomic E-state index is 12.2. The summed E-state index contributed by atoms with van der Waals surface area (Å²) in [5, 5.41) is 3.76. The van der Waals surface area contributed by atoms with Crippen LogP contribution in [0.4, 0.5) is 4.79 Å². The van der Waals surface area contributed by atoms with Gasteiger partial charge in [0.15, 0.2) is 0 Å². The Balaban J connectivity index is 1.68. The predicted molar refractivity (Wildman–Crippen MR) is 82.4 cm³/mol. The van der Waals surface area contributed by atoms with Gasteiger partial charge in [-0.3, -0.25) is 4.79 Å². The molecule has 1 aromatic carbocycles. The van der Waals surface area contributed by atoms with Gasteiger partial charge in [0.1, 0.15) is 6.54 Å². The molecule has 1 aromatic heterocycles. The highest BCUT2D eigenvalue weighted by Crippen LogP contribution is 2.27. The van der Waals surface area contributed by atoms with Crippen molar-refractivity contribution in [2.45, 2.75) is 19.9 Å². The van der Waals surface area contributed by atoms with E-state index in [9.17, 15) is 9.59 Å². The number of nitrogens with zero attached hydrogens (tertiary/aromatic N) is 1. The van der Waals surface area contributed by atoms with Crippen LogP contribution in [0.3, 0.4) is 0 Å². The molecule has 0 fully saturated rings. The molecule has 0 aliphatic carbocycles. The number of hydrogen-bond donors (Lipinski definition) is 2. The lowest BCUT2D eigenvalue weighted by Crippen LogP contribution is -2.44. The Morgan fingerprint density at radius 3 is 3.00 bits per heavy atom. The fraction of sp³-hybridized carbons (Fsp3) is 0.375. The van der Waals surface area contributed by atoms with Crippen molar-refractivity contribution in [2.75, 3.05) is 19.7 Å². The minimum atomic E-state index is -0.416. The smallest absolute Gasteiger partial charge is 0.325 e. The van der Waals surface area contributed by atoms with Gasteiger partial charge in [0.25, 0.3) is 0 Å². The summed E-state index contributed by atoms with van der Waals surface area (Å²) in [6.45, 7) is 3.15. The highest BCUT2D eigenvalue weighted by Gasteiger charge is 2.24. The van der Waals surface area contributed by atoms with E-state index in [1.54, 1.807) is 11.8 Å². The maximum atomic E-state index is 12.2. The number of carbonyl (C=O) groups excluding carboxylic acids is 2. The summed E-state index contributed by atoms with van der Waals surface area (Å²) in [7, 11) is 0. The number of esters is 1. The van der Waals surface area contributed by atoms with Crippen LogP contribution in [-0.2, 0) is 22.5 Å². The van der Waals surface area contributed by atoms with Crippen molar-refractivity contribution >= 4 is 22.9 Å². The van der Waals surface area contributed by atoms with E-state index in [1.165, 1.54) is 5.69 Å². The zero-order chi connectivity index (χ0) is 15.5. The Morgan fingerprint density at radius 2 is 2.18 bits per heavy atom. The third-order valence-corrected chi connectivity index (χ3v) is 3.86. The van der Waals surface area contributed by atoms with Gasteiger partial charge in [0.05, 0.1) is 6.61 Å². The van der Waals surface area contributed by atoms with Crippen molar-refractivity contribution < 1.29 is 14.3 Å². The highest BCUT2D eigenvalue weighted by atomic mass is 16.5. The van der Waals surface area contributed by atoms with E-state index in [4.69, 9.17) is 4.74 Å². The lowest BCUT2D eigenvalue weighted by molar-refractivity contribution is -0.141. The number of aromatic nitrogens is 1. The Labute approximate surface area is 128 Å². The van der Waals surface area contributed by atoms with Crippen LogP contribution >= 0.6 is 0 Å². The van der Waals surface area contributed by atoms with Crippen molar-refractivity contribution in [1.29, 1.82) is 0 Å². The Kier molecular flexibility index (Phi) is 4.00. The van der Waals surface area contributed by atoms with E-state index in [1.807, 2.05) is 18.2 Å². The van der Waals surface area contributed by atoms with Crippen LogP contribution in [0.1, 0.15) is 18.2 Å². The SMILES string of the molecule is CCOC(=O)CNC(=O)N1CCc2[nH]c3ccccc3c2C1. The molecule has 1 aliphatic heterocycles. The van der Waals surface area contributed by atoms with Crippen LogP contribution in [0.25, 0.3) is 10.9 Å². The zero-order valence-corrected chi connectivity index (χ0v) is 12.5. The number of aromatic amines is 1. The van der Waals surface area contributed by atoms with Gasteiger partial charge in [-0.05, 0) is 13.0 Å². The molecule has 0 atom stereocenters. The first-order chi connectivity index (χ1) is 10.7. The number of rotatable bonds is 3. The van der Waals surface area contributed by atoms with Crippen molar-refractivity contribution in [3.63, 3.8) is 0 Å². The molecule has 0 bridgehead atoms. The molecule has 0 radical (unpaired) electrons. The van der Waals surface area contributed by atoms with E-state index in [0.717, 1.165) is 22.9 Å². The molecule has 2 heterocycles. The molecule has 0 spiro atoms. The van der Waals surface area contributed by atoms with Crippen molar-refractivity contribution in [1.82, 2.24) is 15.2 Å². The highest BCUT2D eigenvalue weighted by molar-refractivity contribution is 5.86. The van der Waals surface area contributed by atoms with Crippen molar-refractivity contribution in [3.8, 4) is 0 Å². The number of fused-ring (bicyclic) bond motifs is 3. The van der Waals surface area contributed by atoms with Gasteiger partial charge >= 0.3 is 12.0 Å². The topological polar surface area (TPSA) is 74.4 Å². The lowest BCUT2D eigenvalue weighted by atomic mass is 10.0. The number of ether oxygens (including phenoxy) is 1. The summed E-state index contributed by atoms with van der Waals surface area (Å²) in [5.74, 6) is -0.416. The van der Waals surface area contributed by atoms with Gasteiger partial charge in [0, 0.05) is 41.7 Å². The number of H-pyrrole nitrogens is 1. The third-order valence-electron chi connectivity index (χ3n) is 3.86. The minimum Gasteiger partial charge on any atom is -0.465 e. The number of carbonyl (C=O) groups is 2. The molecule has 2 aromatic rings. The average molecular weight is 301 g/mol. The summed E-state index contributed by atoms with van der Waals surface area (Å²) in [6, 6.07) is 7.86. The van der Waals surface area contributed by atoms with E-state index in [-0.39, 0.29) is 12.6 Å². The minimum absolute atomic E-state index is 0.0933. The predicted octanol–water partition coefficient (Wildman–Crippen LogP) is 1.80. The largest absolute Gasteiger partial charge is 0.465 e. The van der Waals surface area contributed by atoms with E-state index < -0.39 is 5.97 Å². The number of nitrogens with one attached hydrogen (secondary N) is 2. The van der Waals surface area contributed by atoms with Crippen LogP contribution in [0, 0.1) is 0 Å². The zero-order valence-electron chi connectivity index (χ0n) is 12.5. The van der Waals surface area contributed by atoms with E-state index >= 15 is 0 Å². The molecular formula is C16H19N3O3. The van der Waals surface area contributed by atoms with Crippen LogP contribution < -0.4 is 5.32 Å². The summed E-state index contributed by atoms with van der Waals surface area (Å²) in [6.07, 6.45) is 0.789. The second-order valence-electron chi connectivity index (χ2n) is 5.26. The van der Waals surface area contributed by atoms with Gasteiger partial charge < -0.3 is 19.9 Å². The first-order valence-corrected chi connectivity index (χ1v) is 7.46. The fourth-order valence-electron chi connectivity index (χ4n) is 2.81. The summed E-state index contributed by atoms with van der Waals surface area (Å²) in [4.78, 5) is 28.6. The molecule has 2 amide bonds. The van der Waals surface area contributed by atoms with Crippen LogP contribution in [0.15, 0.2) is 24.3 Å². The molecule has 0 unspecified atom stereocenters. The number of benzene rings is 1. The average Bonchev–Trinajstić information content (AvgIpc) is 2.90. The van der Waals surface area contributed by atoms with Crippen molar-refractivity contribution in [3.05, 3.63) is 35.5 Å². The summed E-state index contributed by atoms with van der Waals surface area (Å²) >= 11 is 0. The molecule has 22 heavy (non-hydrogen) atoms. The number of urea groups is 1. The van der Waals surface area contributed by atoms with E-state index in [0.29, 0.717) is 19.7 Å². The molecule has 0 saturated carbocycles. The molecule has 0 saturated heterocycles. The third kappa shape index (κ3) is 2.77. The second-order valence-corrected chi connectivity index (χ2v) is 5.26. The first-order valence-electron chi connectivity index (χ1n) is 7.46. The summed E-state index contributed by atoms with van der Waals surface area (Å²) in [5.41, 5.74) is 3.45. The number of hydrogen-bond acceptors (Lipinski definition) is 3. The lowest BCUT2D eigenvalue weighted by Gasteiger charge is -2.27. The Bertz CT molecular complexity index is 708. The first kappa shape index (κ1) is 14.4. The monoisotopic (exact) mass is 301 g/mol. The van der Waals surface area contributed by atoms with Crippen LogP contribution in [-0.4, -0.2) is 41.6 Å². The second kappa shape index (κ2) is 6.09. The molecule has 6 heteroatoms. The molecular weight excluding hydrogens is 282 g/mol. The van der Waals surface area contributed by atoms with Gasteiger partial charge in [-0.15, -0.1) is 0 Å². The van der Waals surface area contributed by atoms with E-state index in [2.05, 4.69) is 16.4 Å². The number of amides is 2. The molecule has 6 nitrogen and oxygen atoms in total. The molecule has 116 valence electrons. The normalized spacial score (nSPS) is 13.8. The quantitative estimate of drug-likeness (QED) is 0.849. The van der Waals surface area contributed by atoms with Gasteiger partial charge in [-0.2, -0.15) is 0 Å². The fourth-order valence-corrected chi connectivity index (χ4v) is 2.81. The maximum Gasteiger partial charge on any atom is 0.325 e. The molecule has 3 rings (SSSR count). The summed E-state index contributed by atoms with van der Waals surface area (Å²) < 4.78 is 4.80. The number of para-hydroxylation sites is 1. The Hall–Kier alpha value is -2.50. The standard InChI is InChI=1S/C16H19N3O3/c1-2-22-15(20)9-17-16(21)19-8-7-14-12(10-19)11-5-3-4-6-13(11)18-14/h3-6,18H,2,7-10H2,1H3,(H,17,21). The molecule has 1 aliphatic rings. The van der Waals surface area contributed by atoms with Crippen LogP contribution in [0.2, 0.25) is 0 Å². The van der Waals surface area contributed by atoms with Gasteiger partial charge in [-0.1, -0.05) is 18.2 Å².